The smallest absolute Gasteiger partial charge is 0.108 e. The number of rotatable bonds is 2. The van der Waals surface area contributed by atoms with E-state index in [-0.39, 0.29) is 0 Å². The van der Waals surface area contributed by atoms with Gasteiger partial charge < -0.3 is 4.90 Å². The second-order valence-corrected chi connectivity index (χ2v) is 8.87. The molecule has 1 N–H and O–H groups in total. The van der Waals surface area contributed by atoms with Crippen molar-refractivity contribution in [2.24, 2.45) is 23.7 Å². The zero-order chi connectivity index (χ0) is 14.9. The van der Waals surface area contributed by atoms with E-state index >= 15 is 0 Å². The molecule has 0 spiro atoms. The number of hydrogen-bond donors (Lipinski definition) is 1. The lowest BCUT2D eigenvalue weighted by atomic mass is 9.61. The van der Waals surface area contributed by atoms with E-state index in [1.54, 1.807) is 0 Å². The van der Waals surface area contributed by atoms with Gasteiger partial charge >= 0.3 is 0 Å². The zero-order valence-corrected chi connectivity index (χ0v) is 14.2. The summed E-state index contributed by atoms with van der Waals surface area (Å²) in [6.07, 6.45) is 15.7. The van der Waals surface area contributed by atoms with Crippen molar-refractivity contribution in [3.8, 4) is 0 Å². The summed E-state index contributed by atoms with van der Waals surface area (Å²) in [5.41, 5.74) is 0. The van der Waals surface area contributed by atoms with Crippen LogP contribution in [0.2, 0.25) is 0 Å². The molecule has 1 nitrogen and oxygen atoms in total. The molecule has 3 aliphatic carbocycles. The maximum Gasteiger partial charge on any atom is 0.108 e. The van der Waals surface area contributed by atoms with Gasteiger partial charge in [0.1, 0.15) is 6.17 Å². The Kier molecular flexibility index (Phi) is 4.76. The standard InChI is InChI=1S/C20H34FN/c21-19-10-4-2-7-16(19)14-22-13-5-9-18-17-8-3-1-6-15(17)11-12-20(18)22/h15-20H,1-14H2/p+1. The van der Waals surface area contributed by atoms with Crippen LogP contribution < -0.4 is 4.90 Å². The Labute approximate surface area is 136 Å². The number of fused-ring (bicyclic) bond motifs is 3. The fourth-order valence-electron chi connectivity index (χ4n) is 6.72. The molecule has 7 atom stereocenters. The first-order valence-electron chi connectivity index (χ1n) is 10.3. The highest BCUT2D eigenvalue weighted by atomic mass is 19.1. The third-order valence-electron chi connectivity index (χ3n) is 7.78. The third-order valence-corrected chi connectivity index (χ3v) is 7.78. The molecule has 22 heavy (non-hydrogen) atoms. The molecule has 1 aliphatic heterocycles. The Morgan fingerprint density at radius 3 is 2.41 bits per heavy atom. The van der Waals surface area contributed by atoms with Gasteiger partial charge in [-0.15, -0.1) is 0 Å². The normalized spacial score (nSPS) is 49.2. The first kappa shape index (κ1) is 15.4. The Morgan fingerprint density at radius 1 is 0.727 bits per heavy atom. The molecule has 0 aromatic carbocycles. The van der Waals surface area contributed by atoms with Gasteiger partial charge in [0.15, 0.2) is 0 Å². The lowest BCUT2D eigenvalue weighted by Crippen LogP contribution is -3.18. The van der Waals surface area contributed by atoms with Crippen LogP contribution in [0.3, 0.4) is 0 Å². The minimum Gasteiger partial charge on any atom is -0.332 e. The lowest BCUT2D eigenvalue weighted by Gasteiger charge is -2.50. The van der Waals surface area contributed by atoms with Crippen LogP contribution in [0.25, 0.3) is 0 Å². The number of piperidine rings is 1. The molecule has 0 radical (unpaired) electrons. The molecule has 1 heterocycles. The van der Waals surface area contributed by atoms with Crippen LogP contribution in [0.5, 0.6) is 0 Å². The molecule has 0 bridgehead atoms. The summed E-state index contributed by atoms with van der Waals surface area (Å²) in [7, 11) is 0. The monoisotopic (exact) mass is 308 g/mol. The van der Waals surface area contributed by atoms with Crippen LogP contribution in [0, 0.1) is 23.7 Å². The van der Waals surface area contributed by atoms with E-state index in [1.165, 1.54) is 64.3 Å². The molecule has 4 rings (SSSR count). The van der Waals surface area contributed by atoms with E-state index in [0.29, 0.717) is 5.92 Å². The average molecular weight is 309 g/mol. The van der Waals surface area contributed by atoms with Gasteiger partial charge in [0.05, 0.1) is 19.1 Å². The van der Waals surface area contributed by atoms with Crippen molar-refractivity contribution >= 4 is 0 Å². The van der Waals surface area contributed by atoms with Gasteiger partial charge in [-0.3, -0.25) is 0 Å². The number of likely N-dealkylation sites (tertiary alicyclic amines) is 1. The van der Waals surface area contributed by atoms with Crippen molar-refractivity contribution in [2.75, 3.05) is 13.1 Å². The largest absolute Gasteiger partial charge is 0.332 e. The van der Waals surface area contributed by atoms with Gasteiger partial charge in [0.2, 0.25) is 0 Å². The predicted octanol–water partition coefficient (Wildman–Crippen LogP) is 3.78. The number of alkyl halides is 1. The Morgan fingerprint density at radius 2 is 1.50 bits per heavy atom. The van der Waals surface area contributed by atoms with Crippen molar-refractivity contribution in [3.63, 3.8) is 0 Å². The highest BCUT2D eigenvalue weighted by Gasteiger charge is 2.47. The van der Waals surface area contributed by atoms with Crippen LogP contribution in [0.1, 0.15) is 77.0 Å². The van der Waals surface area contributed by atoms with Gasteiger partial charge in [-0.25, -0.2) is 4.39 Å². The van der Waals surface area contributed by atoms with Crippen molar-refractivity contribution in [2.45, 2.75) is 89.3 Å². The fraction of sp³-hybridized carbons (Fsp3) is 1.00. The summed E-state index contributed by atoms with van der Waals surface area (Å²) in [6.45, 7) is 2.49. The van der Waals surface area contributed by atoms with Crippen LogP contribution in [0.4, 0.5) is 4.39 Å². The molecule has 3 saturated carbocycles. The summed E-state index contributed by atoms with van der Waals surface area (Å²) in [4.78, 5) is 1.81. The van der Waals surface area contributed by atoms with Gasteiger partial charge in [-0.05, 0) is 56.8 Å². The molecule has 4 fully saturated rings. The number of halogens is 1. The summed E-state index contributed by atoms with van der Waals surface area (Å²) in [6, 6.07) is 0.891. The molecular weight excluding hydrogens is 273 g/mol. The quantitative estimate of drug-likeness (QED) is 0.792. The first-order valence-corrected chi connectivity index (χ1v) is 10.3. The fourth-order valence-corrected chi connectivity index (χ4v) is 6.72. The Bertz CT molecular complexity index is 371. The highest BCUT2D eigenvalue weighted by Crippen LogP contribution is 2.45. The minimum atomic E-state index is -0.493. The van der Waals surface area contributed by atoms with Crippen LogP contribution >= 0.6 is 0 Å². The maximum absolute atomic E-state index is 14.3. The van der Waals surface area contributed by atoms with Crippen LogP contribution in [-0.4, -0.2) is 25.3 Å². The van der Waals surface area contributed by atoms with Gasteiger partial charge in [-0.1, -0.05) is 32.1 Å². The van der Waals surface area contributed by atoms with Crippen molar-refractivity contribution < 1.29 is 9.29 Å². The molecule has 7 unspecified atom stereocenters. The van der Waals surface area contributed by atoms with E-state index in [9.17, 15) is 4.39 Å². The number of nitrogens with one attached hydrogen (secondary N) is 1. The molecular formula is C20H35FN+. The van der Waals surface area contributed by atoms with Crippen LogP contribution in [0.15, 0.2) is 0 Å². The molecule has 0 amide bonds. The van der Waals surface area contributed by atoms with Crippen molar-refractivity contribution in [1.29, 1.82) is 0 Å². The van der Waals surface area contributed by atoms with Crippen LogP contribution in [-0.2, 0) is 0 Å². The van der Waals surface area contributed by atoms with E-state index in [1.807, 2.05) is 4.90 Å². The number of quaternary nitrogens is 1. The molecule has 2 heteroatoms. The summed E-state index contributed by atoms with van der Waals surface area (Å²) in [5.74, 6) is 3.46. The Hall–Kier alpha value is -0.110. The zero-order valence-electron chi connectivity index (χ0n) is 14.2. The molecule has 126 valence electrons. The van der Waals surface area contributed by atoms with Gasteiger partial charge in [0, 0.05) is 11.8 Å². The third kappa shape index (κ3) is 2.97. The van der Waals surface area contributed by atoms with E-state index in [0.717, 1.165) is 49.6 Å². The second-order valence-electron chi connectivity index (χ2n) is 8.87. The minimum absolute atomic E-state index is 0.381. The average Bonchev–Trinajstić information content (AvgIpc) is 2.57. The molecule has 0 aromatic rings. The topological polar surface area (TPSA) is 4.44 Å². The van der Waals surface area contributed by atoms with E-state index in [4.69, 9.17) is 0 Å². The molecule has 4 aliphatic rings. The number of hydrogen-bond acceptors (Lipinski definition) is 0. The maximum atomic E-state index is 14.3. The van der Waals surface area contributed by atoms with Crippen molar-refractivity contribution in [1.82, 2.24) is 0 Å². The van der Waals surface area contributed by atoms with Gasteiger partial charge in [-0.2, -0.15) is 0 Å². The van der Waals surface area contributed by atoms with Gasteiger partial charge in [0.25, 0.3) is 0 Å². The van der Waals surface area contributed by atoms with Crippen molar-refractivity contribution in [3.05, 3.63) is 0 Å². The van der Waals surface area contributed by atoms with E-state index < -0.39 is 6.17 Å². The summed E-state index contributed by atoms with van der Waals surface area (Å²) in [5, 5.41) is 0. The lowest BCUT2D eigenvalue weighted by molar-refractivity contribution is -0.940. The summed E-state index contributed by atoms with van der Waals surface area (Å²) >= 11 is 0. The SMILES string of the molecule is FC1CCCCC1C[NH+]1CCCC2C3CCCCC3CCC21. The second kappa shape index (κ2) is 6.79. The highest BCUT2D eigenvalue weighted by molar-refractivity contribution is 4.91. The predicted molar refractivity (Wildman–Crippen MR) is 88.7 cm³/mol. The first-order chi connectivity index (χ1) is 10.8. The summed E-state index contributed by atoms with van der Waals surface area (Å²) < 4.78 is 14.3. The Balaban J connectivity index is 1.43. The molecule has 0 aromatic heterocycles. The molecule has 1 saturated heterocycles. The van der Waals surface area contributed by atoms with E-state index in [2.05, 4.69) is 0 Å².